The summed E-state index contributed by atoms with van der Waals surface area (Å²) in [4.78, 5) is 38.9. The molecule has 3 heterocycles. The van der Waals surface area contributed by atoms with Gasteiger partial charge in [0.15, 0.2) is 10.8 Å². The van der Waals surface area contributed by atoms with Crippen LogP contribution in [0.25, 0.3) is 0 Å². The van der Waals surface area contributed by atoms with E-state index in [-0.39, 0.29) is 12.7 Å². The van der Waals surface area contributed by atoms with E-state index in [2.05, 4.69) is 31.1 Å². The Morgan fingerprint density at radius 3 is 2.58 bits per heavy atom. The molecule has 1 fully saturated rings. The number of benzene rings is 1. The quantitative estimate of drug-likeness (QED) is 0.483. The Labute approximate surface area is 233 Å². The molecule has 1 saturated heterocycles. The number of carbonyl (C=O) groups excluding carboxylic acids is 2. The van der Waals surface area contributed by atoms with Gasteiger partial charge in [-0.05, 0) is 45.4 Å². The van der Waals surface area contributed by atoms with Crippen LogP contribution in [0.4, 0.5) is 9.18 Å². The van der Waals surface area contributed by atoms with E-state index in [0.717, 1.165) is 0 Å². The highest BCUT2D eigenvalue weighted by Gasteiger charge is 2.35. The van der Waals surface area contributed by atoms with Crippen LogP contribution in [0.15, 0.2) is 50.5 Å². The molecule has 1 atom stereocenters. The van der Waals surface area contributed by atoms with Gasteiger partial charge in [0.2, 0.25) is 0 Å². The van der Waals surface area contributed by atoms with Gasteiger partial charge in [0, 0.05) is 54.5 Å². The van der Waals surface area contributed by atoms with Gasteiger partial charge >= 0.3 is 12.1 Å². The Morgan fingerprint density at radius 1 is 1.24 bits per heavy atom. The number of aliphatic imine (C=N–C) groups is 1. The molecule has 1 aromatic carbocycles. The predicted octanol–water partition coefficient (Wildman–Crippen LogP) is 4.51. The average Bonchev–Trinajstić information content (AvgIpc) is 3.38. The van der Waals surface area contributed by atoms with Crippen molar-refractivity contribution in [3.8, 4) is 0 Å². The first-order chi connectivity index (χ1) is 18.1. The number of thiazole rings is 1. The summed E-state index contributed by atoms with van der Waals surface area (Å²) in [5.74, 6) is -0.370. The molecular formula is C26H31BrFN5O4S. The number of nitrogens with zero attached hydrogens (tertiary/aromatic N) is 4. The number of ether oxygens (including phenoxy) is 2. The van der Waals surface area contributed by atoms with Gasteiger partial charge < -0.3 is 19.7 Å². The number of rotatable bonds is 6. The van der Waals surface area contributed by atoms with Gasteiger partial charge in [-0.25, -0.2) is 19.0 Å². The molecule has 1 aromatic heterocycles. The maximum atomic E-state index is 13.9. The fourth-order valence-corrected chi connectivity index (χ4v) is 5.36. The highest BCUT2D eigenvalue weighted by Crippen LogP contribution is 2.37. The highest BCUT2D eigenvalue weighted by molar-refractivity contribution is 9.10. The summed E-state index contributed by atoms with van der Waals surface area (Å²) in [6.45, 7) is 10.1. The van der Waals surface area contributed by atoms with Gasteiger partial charge in [0.05, 0.1) is 12.2 Å². The van der Waals surface area contributed by atoms with Crippen LogP contribution in [-0.4, -0.2) is 77.6 Å². The van der Waals surface area contributed by atoms with Crippen molar-refractivity contribution in [1.29, 1.82) is 0 Å². The van der Waals surface area contributed by atoms with Crippen LogP contribution in [0.3, 0.4) is 0 Å². The van der Waals surface area contributed by atoms with Gasteiger partial charge in [-0.1, -0.05) is 22.0 Å². The largest absolute Gasteiger partial charge is 0.463 e. The van der Waals surface area contributed by atoms with E-state index in [1.165, 1.54) is 23.5 Å². The first-order valence-electron chi connectivity index (χ1n) is 12.4. The number of aromatic nitrogens is 1. The summed E-state index contributed by atoms with van der Waals surface area (Å²) in [6, 6.07) is 3.59. The van der Waals surface area contributed by atoms with Crippen molar-refractivity contribution in [3.05, 3.63) is 61.9 Å². The second-order valence-electron chi connectivity index (χ2n) is 9.86. The lowest BCUT2D eigenvalue weighted by molar-refractivity contribution is -0.139. The number of esters is 1. The topological polar surface area (TPSA) is 96.4 Å². The number of halogens is 2. The van der Waals surface area contributed by atoms with Crippen LogP contribution in [-0.2, 0) is 14.3 Å². The molecule has 1 N–H and O–H groups in total. The van der Waals surface area contributed by atoms with Crippen molar-refractivity contribution in [2.45, 2.75) is 39.3 Å². The molecule has 0 saturated carbocycles. The second kappa shape index (κ2) is 11.9. The number of hydrogen-bond acceptors (Lipinski definition) is 9. The maximum Gasteiger partial charge on any atom is 0.410 e. The Hall–Kier alpha value is -2.83. The minimum atomic E-state index is -0.734. The molecule has 2 aliphatic rings. The van der Waals surface area contributed by atoms with Crippen LogP contribution in [0.5, 0.6) is 0 Å². The van der Waals surface area contributed by atoms with Crippen molar-refractivity contribution in [3.63, 3.8) is 0 Å². The smallest absolute Gasteiger partial charge is 0.410 e. The van der Waals surface area contributed by atoms with Gasteiger partial charge in [-0.3, -0.25) is 9.89 Å². The Kier molecular flexibility index (Phi) is 8.84. The predicted molar refractivity (Wildman–Crippen MR) is 147 cm³/mol. The summed E-state index contributed by atoms with van der Waals surface area (Å²) in [5.41, 5.74) is 1.07. The lowest BCUT2D eigenvalue weighted by Gasteiger charge is -2.37. The molecule has 12 heteroatoms. The fraction of sp³-hybridized carbons (Fsp3) is 0.462. The van der Waals surface area contributed by atoms with Gasteiger partial charge in [-0.15, -0.1) is 11.3 Å². The lowest BCUT2D eigenvalue weighted by Crippen LogP contribution is -2.51. The summed E-state index contributed by atoms with van der Waals surface area (Å²) in [7, 11) is 0. The third-order valence-electron chi connectivity index (χ3n) is 5.92. The van der Waals surface area contributed by atoms with Gasteiger partial charge in [0.25, 0.3) is 0 Å². The summed E-state index contributed by atoms with van der Waals surface area (Å²) in [5, 5.41) is 5.85. The van der Waals surface area contributed by atoms with Gasteiger partial charge in [-0.2, -0.15) is 0 Å². The summed E-state index contributed by atoms with van der Waals surface area (Å²) < 4.78 is 25.4. The van der Waals surface area contributed by atoms with Crippen LogP contribution in [0.2, 0.25) is 0 Å². The maximum absolute atomic E-state index is 13.9. The molecule has 0 bridgehead atoms. The first kappa shape index (κ1) is 28.2. The zero-order valence-electron chi connectivity index (χ0n) is 21.8. The number of carbonyl (C=O) groups is 2. The fourth-order valence-electron chi connectivity index (χ4n) is 4.21. The van der Waals surface area contributed by atoms with E-state index in [9.17, 15) is 14.0 Å². The third kappa shape index (κ3) is 6.78. The zero-order valence-corrected chi connectivity index (χ0v) is 24.2. The molecule has 0 aliphatic carbocycles. The second-order valence-corrected chi connectivity index (χ2v) is 11.6. The molecule has 1 unspecified atom stereocenters. The lowest BCUT2D eigenvalue weighted by atomic mass is 9.95. The van der Waals surface area contributed by atoms with Crippen molar-refractivity contribution in [2.24, 2.45) is 4.99 Å². The molecule has 0 spiro atoms. The SMILES string of the molecule is CCOC(=O)C1=C(CN2CCN(C(=O)OC(C)(C)C)CC2)NC(c2nccs2)=NC1c1ccc(F)cc1Br. The molecule has 2 aromatic rings. The number of nitrogens with one attached hydrogen (secondary N) is 1. The monoisotopic (exact) mass is 607 g/mol. The van der Waals surface area contributed by atoms with E-state index in [1.54, 1.807) is 24.1 Å². The minimum absolute atomic E-state index is 0.199. The number of amidine groups is 1. The van der Waals surface area contributed by atoms with Crippen LogP contribution in [0.1, 0.15) is 44.3 Å². The normalized spacial score (nSPS) is 18.6. The number of piperazine rings is 1. The zero-order chi connectivity index (χ0) is 27.4. The van der Waals surface area contributed by atoms with Crippen molar-refractivity contribution in [1.82, 2.24) is 20.1 Å². The van der Waals surface area contributed by atoms with E-state index in [1.807, 2.05) is 26.2 Å². The van der Waals surface area contributed by atoms with E-state index in [0.29, 0.717) is 64.9 Å². The van der Waals surface area contributed by atoms with Crippen LogP contribution >= 0.6 is 27.3 Å². The van der Waals surface area contributed by atoms with Crippen molar-refractivity contribution >= 4 is 45.2 Å². The standard InChI is InChI=1S/C26H31BrFN5O4S/c1-5-36-24(34)20-19(15-32-9-11-33(12-10-32)25(35)37-26(2,3)4)30-22(23-29-8-13-38-23)31-21(20)17-7-6-16(28)14-18(17)27/h6-8,13-14,21H,5,9-12,15H2,1-4H3,(H,30,31). The van der Waals surface area contributed by atoms with Crippen LogP contribution < -0.4 is 5.32 Å². The summed E-state index contributed by atoms with van der Waals surface area (Å²) >= 11 is 4.87. The van der Waals surface area contributed by atoms with Crippen LogP contribution in [0, 0.1) is 5.82 Å². The molecule has 204 valence electrons. The Bertz CT molecular complexity index is 1240. The van der Waals surface area contributed by atoms with E-state index >= 15 is 0 Å². The number of amides is 1. The molecule has 0 radical (unpaired) electrons. The Morgan fingerprint density at radius 2 is 1.97 bits per heavy atom. The first-order valence-corrected chi connectivity index (χ1v) is 14.0. The third-order valence-corrected chi connectivity index (χ3v) is 7.39. The highest BCUT2D eigenvalue weighted by atomic mass is 79.9. The van der Waals surface area contributed by atoms with Gasteiger partial charge in [0.1, 0.15) is 17.5 Å². The van der Waals surface area contributed by atoms with E-state index in [4.69, 9.17) is 14.5 Å². The van der Waals surface area contributed by atoms with E-state index < -0.39 is 23.4 Å². The molecule has 4 rings (SSSR count). The molecule has 38 heavy (non-hydrogen) atoms. The molecule has 9 nitrogen and oxygen atoms in total. The average molecular weight is 609 g/mol. The Balaban J connectivity index is 1.64. The van der Waals surface area contributed by atoms with Crippen molar-refractivity contribution in [2.75, 3.05) is 39.3 Å². The molecular weight excluding hydrogens is 577 g/mol. The minimum Gasteiger partial charge on any atom is -0.463 e. The van der Waals surface area contributed by atoms with Crippen molar-refractivity contribution < 1.29 is 23.5 Å². The molecule has 1 amide bonds. The number of hydrogen-bond donors (Lipinski definition) is 1. The summed E-state index contributed by atoms with van der Waals surface area (Å²) in [6.07, 6.45) is 1.35. The molecule has 2 aliphatic heterocycles.